The average molecular weight is 320 g/mol. The smallest absolute Gasteiger partial charge is 0.226 e. The highest BCUT2D eigenvalue weighted by Crippen LogP contribution is 2.35. The standard InChI is InChI=1S/C17H28N4O2/c1-4-21-11-12(10-18-21)16-15(7-8-23-16)17(22)19-13-5-6-14(9-13)20(2)3/h10-11,13-16H,4-9H2,1-3H3,(H,19,22)/t13-,14+,15+,16-/m1/s1. The predicted molar refractivity (Wildman–Crippen MR) is 88.0 cm³/mol. The molecule has 1 amide bonds. The zero-order valence-electron chi connectivity index (χ0n) is 14.4. The molecule has 1 saturated heterocycles. The van der Waals surface area contributed by atoms with Gasteiger partial charge in [0.05, 0.1) is 18.2 Å². The van der Waals surface area contributed by atoms with E-state index in [1.165, 1.54) is 0 Å². The number of nitrogens with zero attached hydrogens (tertiary/aromatic N) is 3. The van der Waals surface area contributed by atoms with Crippen LogP contribution in [0.4, 0.5) is 0 Å². The molecule has 2 aliphatic rings. The summed E-state index contributed by atoms with van der Waals surface area (Å²) in [6.45, 7) is 3.53. The topological polar surface area (TPSA) is 59.4 Å². The molecule has 0 aromatic carbocycles. The lowest BCUT2D eigenvalue weighted by Crippen LogP contribution is -2.39. The van der Waals surface area contributed by atoms with Crippen LogP contribution in [0.1, 0.15) is 44.3 Å². The molecule has 128 valence electrons. The molecule has 6 nitrogen and oxygen atoms in total. The molecular formula is C17H28N4O2. The fraction of sp³-hybridized carbons (Fsp3) is 0.765. The molecular weight excluding hydrogens is 292 g/mol. The number of amides is 1. The van der Waals surface area contributed by atoms with Gasteiger partial charge in [-0.15, -0.1) is 0 Å². The van der Waals surface area contributed by atoms with E-state index < -0.39 is 0 Å². The van der Waals surface area contributed by atoms with Crippen LogP contribution < -0.4 is 5.32 Å². The Hall–Kier alpha value is -1.40. The van der Waals surface area contributed by atoms with E-state index in [4.69, 9.17) is 4.74 Å². The van der Waals surface area contributed by atoms with Crippen molar-refractivity contribution >= 4 is 5.91 Å². The summed E-state index contributed by atoms with van der Waals surface area (Å²) in [5.74, 6) is 0.0454. The maximum Gasteiger partial charge on any atom is 0.226 e. The predicted octanol–water partition coefficient (Wildman–Crippen LogP) is 1.58. The van der Waals surface area contributed by atoms with Gasteiger partial charge in [0.2, 0.25) is 5.91 Å². The lowest BCUT2D eigenvalue weighted by molar-refractivity contribution is -0.127. The van der Waals surface area contributed by atoms with Crippen molar-refractivity contribution in [2.45, 2.75) is 57.3 Å². The van der Waals surface area contributed by atoms with Gasteiger partial charge in [-0.1, -0.05) is 0 Å². The fourth-order valence-electron chi connectivity index (χ4n) is 3.75. The zero-order chi connectivity index (χ0) is 16.4. The maximum atomic E-state index is 12.7. The molecule has 0 bridgehead atoms. The fourth-order valence-corrected chi connectivity index (χ4v) is 3.75. The van der Waals surface area contributed by atoms with E-state index in [1.54, 1.807) is 0 Å². The second-order valence-electron chi connectivity index (χ2n) is 6.95. The van der Waals surface area contributed by atoms with Crippen molar-refractivity contribution in [3.63, 3.8) is 0 Å². The number of carbonyl (C=O) groups is 1. The van der Waals surface area contributed by atoms with Gasteiger partial charge in [0, 0.05) is 37.0 Å². The van der Waals surface area contributed by atoms with Crippen molar-refractivity contribution in [3.05, 3.63) is 18.0 Å². The summed E-state index contributed by atoms with van der Waals surface area (Å²) in [5, 5.41) is 7.56. The summed E-state index contributed by atoms with van der Waals surface area (Å²) < 4.78 is 7.71. The number of nitrogens with one attached hydrogen (secondary N) is 1. The van der Waals surface area contributed by atoms with Gasteiger partial charge >= 0.3 is 0 Å². The van der Waals surface area contributed by atoms with E-state index in [9.17, 15) is 4.79 Å². The highest BCUT2D eigenvalue weighted by molar-refractivity contribution is 5.80. The average Bonchev–Trinajstić information content (AvgIpc) is 3.26. The minimum absolute atomic E-state index is 0.0945. The van der Waals surface area contributed by atoms with Gasteiger partial charge < -0.3 is 15.0 Å². The molecule has 0 radical (unpaired) electrons. The summed E-state index contributed by atoms with van der Waals surface area (Å²) in [4.78, 5) is 15.0. The van der Waals surface area contributed by atoms with Gasteiger partial charge in [-0.05, 0) is 46.7 Å². The van der Waals surface area contributed by atoms with E-state index in [1.807, 2.05) is 17.1 Å². The van der Waals surface area contributed by atoms with Crippen LogP contribution in [-0.4, -0.2) is 53.4 Å². The molecule has 1 aliphatic heterocycles. The van der Waals surface area contributed by atoms with Crippen molar-refractivity contribution in [1.82, 2.24) is 20.0 Å². The lowest BCUT2D eigenvalue weighted by atomic mass is 9.96. The van der Waals surface area contributed by atoms with Crippen LogP contribution >= 0.6 is 0 Å². The maximum absolute atomic E-state index is 12.7. The molecule has 3 rings (SSSR count). The molecule has 1 N–H and O–H groups in total. The Morgan fingerprint density at radius 1 is 1.43 bits per heavy atom. The molecule has 1 aromatic rings. The molecule has 4 atom stereocenters. The number of rotatable bonds is 5. The van der Waals surface area contributed by atoms with Crippen LogP contribution in [-0.2, 0) is 16.1 Å². The Labute approximate surface area is 138 Å². The molecule has 6 heteroatoms. The Balaban J connectivity index is 1.60. The first-order valence-corrected chi connectivity index (χ1v) is 8.69. The quantitative estimate of drug-likeness (QED) is 0.895. The molecule has 0 spiro atoms. The van der Waals surface area contributed by atoms with Crippen LogP contribution in [0.2, 0.25) is 0 Å². The van der Waals surface area contributed by atoms with Gasteiger partial charge in [0.15, 0.2) is 0 Å². The third-order valence-electron chi connectivity index (χ3n) is 5.22. The van der Waals surface area contributed by atoms with E-state index >= 15 is 0 Å². The third-order valence-corrected chi connectivity index (χ3v) is 5.22. The summed E-state index contributed by atoms with van der Waals surface area (Å²) in [6, 6.07) is 0.883. The van der Waals surface area contributed by atoms with Crippen molar-refractivity contribution in [2.24, 2.45) is 5.92 Å². The highest BCUT2D eigenvalue weighted by atomic mass is 16.5. The molecule has 1 aromatic heterocycles. The van der Waals surface area contributed by atoms with Gasteiger partial charge in [0.1, 0.15) is 0 Å². The van der Waals surface area contributed by atoms with Gasteiger partial charge in [-0.3, -0.25) is 9.48 Å². The van der Waals surface area contributed by atoms with Crippen molar-refractivity contribution in [3.8, 4) is 0 Å². The molecule has 0 unspecified atom stereocenters. The van der Waals surface area contributed by atoms with Crippen LogP contribution in [0.5, 0.6) is 0 Å². The minimum Gasteiger partial charge on any atom is -0.373 e. The number of hydrogen-bond donors (Lipinski definition) is 1. The molecule has 2 fully saturated rings. The summed E-state index contributed by atoms with van der Waals surface area (Å²) in [7, 11) is 4.22. The SMILES string of the molecule is CCn1cc([C@H]2OCC[C@@H]2C(=O)N[C@@H]2CC[C@H](N(C)C)C2)cn1. The van der Waals surface area contributed by atoms with E-state index in [2.05, 4.69) is 36.3 Å². The number of carbonyl (C=O) groups excluding carboxylic acids is 1. The number of ether oxygens (including phenoxy) is 1. The van der Waals surface area contributed by atoms with Crippen molar-refractivity contribution in [2.75, 3.05) is 20.7 Å². The monoisotopic (exact) mass is 320 g/mol. The van der Waals surface area contributed by atoms with Gasteiger partial charge in [0.25, 0.3) is 0 Å². The third kappa shape index (κ3) is 3.58. The first-order valence-electron chi connectivity index (χ1n) is 8.69. The number of hydrogen-bond acceptors (Lipinski definition) is 4. The van der Waals surface area contributed by atoms with Crippen LogP contribution in [0.3, 0.4) is 0 Å². The van der Waals surface area contributed by atoms with E-state index in [0.29, 0.717) is 18.7 Å². The van der Waals surface area contributed by atoms with E-state index in [0.717, 1.165) is 37.8 Å². The zero-order valence-corrected chi connectivity index (χ0v) is 14.4. The van der Waals surface area contributed by atoms with E-state index in [-0.39, 0.29) is 17.9 Å². The number of aryl methyl sites for hydroxylation is 1. The first kappa shape index (κ1) is 16.5. The Kier molecular flexibility index (Phi) is 5.02. The van der Waals surface area contributed by atoms with Crippen LogP contribution in [0, 0.1) is 5.92 Å². The number of aromatic nitrogens is 2. The van der Waals surface area contributed by atoms with Crippen molar-refractivity contribution in [1.29, 1.82) is 0 Å². The van der Waals surface area contributed by atoms with Crippen molar-refractivity contribution < 1.29 is 9.53 Å². The largest absolute Gasteiger partial charge is 0.373 e. The highest BCUT2D eigenvalue weighted by Gasteiger charge is 2.37. The second kappa shape index (κ2) is 7.01. The van der Waals surface area contributed by atoms with Crippen LogP contribution in [0.25, 0.3) is 0 Å². The Bertz CT molecular complexity index is 542. The normalized spacial score (nSPS) is 31.0. The summed E-state index contributed by atoms with van der Waals surface area (Å²) in [5.41, 5.74) is 1.02. The Morgan fingerprint density at radius 2 is 2.26 bits per heavy atom. The molecule has 1 saturated carbocycles. The van der Waals surface area contributed by atoms with Gasteiger partial charge in [-0.25, -0.2) is 0 Å². The van der Waals surface area contributed by atoms with Crippen LogP contribution in [0.15, 0.2) is 12.4 Å². The molecule has 2 heterocycles. The minimum atomic E-state index is -0.152. The molecule has 23 heavy (non-hydrogen) atoms. The lowest BCUT2D eigenvalue weighted by Gasteiger charge is -2.21. The van der Waals surface area contributed by atoms with Gasteiger partial charge in [-0.2, -0.15) is 5.10 Å². The molecule has 1 aliphatic carbocycles. The first-order chi connectivity index (χ1) is 11.1. The summed E-state index contributed by atoms with van der Waals surface area (Å²) >= 11 is 0. The second-order valence-corrected chi connectivity index (χ2v) is 6.95. The Morgan fingerprint density at radius 3 is 2.91 bits per heavy atom. The summed E-state index contributed by atoms with van der Waals surface area (Å²) in [6.07, 6.45) is 7.74.